The molecule has 1 heterocycles. The van der Waals surface area contributed by atoms with Gasteiger partial charge in [0.25, 0.3) is 0 Å². The molecule has 1 aromatic carbocycles. The first-order valence-electron chi connectivity index (χ1n) is 5.53. The van der Waals surface area contributed by atoms with Gasteiger partial charge >= 0.3 is 0 Å². The number of carbonyl (C=O) groups is 1. The van der Waals surface area contributed by atoms with Crippen LogP contribution in [0, 0.1) is 22.7 Å². The van der Waals surface area contributed by atoms with E-state index in [2.05, 4.69) is 0 Å². The molecule has 0 unspecified atom stereocenters. The highest BCUT2D eigenvalue weighted by Crippen LogP contribution is 2.20. The monoisotopic (exact) mass is 258 g/mol. The second-order valence-corrected chi connectivity index (χ2v) is 4.19. The number of carbonyl (C=O) groups excluding carboxylic acids is 1. The molecule has 0 aromatic heterocycles. The van der Waals surface area contributed by atoms with Crippen LogP contribution in [0.4, 0.5) is 4.39 Å². The molecule has 2 rings (SSSR count). The number of aldehydes is 1. The third-order valence-electron chi connectivity index (χ3n) is 2.94. The molecule has 6 heteroatoms. The van der Waals surface area contributed by atoms with E-state index in [4.69, 9.17) is 16.4 Å². The Kier molecular flexibility index (Phi) is 3.29. The highest BCUT2D eigenvalue weighted by Gasteiger charge is 2.24. The van der Waals surface area contributed by atoms with Gasteiger partial charge in [0.1, 0.15) is 12.1 Å². The predicted octanol–water partition coefficient (Wildman–Crippen LogP) is 1.02. The zero-order valence-corrected chi connectivity index (χ0v) is 9.98. The highest BCUT2D eigenvalue weighted by molar-refractivity contribution is 6.12. The first-order valence-corrected chi connectivity index (χ1v) is 5.53. The number of nitrogens with two attached hydrogens (primary N) is 1. The van der Waals surface area contributed by atoms with Crippen molar-refractivity contribution in [2.45, 2.75) is 0 Å². The Labute approximate surface area is 109 Å². The Morgan fingerprint density at radius 1 is 1.53 bits per heavy atom. The van der Waals surface area contributed by atoms with Crippen molar-refractivity contribution in [1.29, 1.82) is 10.7 Å². The molecule has 0 fully saturated rings. The van der Waals surface area contributed by atoms with Crippen molar-refractivity contribution < 1.29 is 9.18 Å². The van der Waals surface area contributed by atoms with E-state index in [1.807, 2.05) is 6.19 Å². The molecule has 0 aliphatic carbocycles. The molecule has 0 atom stereocenters. The van der Waals surface area contributed by atoms with Crippen LogP contribution in [0.1, 0.15) is 15.9 Å². The summed E-state index contributed by atoms with van der Waals surface area (Å²) in [5.41, 5.74) is 6.83. The number of hydrogen-bond donors (Lipinski definition) is 2. The Morgan fingerprint density at radius 2 is 2.26 bits per heavy atom. The summed E-state index contributed by atoms with van der Waals surface area (Å²) in [7, 11) is 0. The van der Waals surface area contributed by atoms with Crippen LogP contribution in [0.5, 0.6) is 0 Å². The number of rotatable bonds is 3. The molecule has 0 bridgehead atoms. The lowest BCUT2D eigenvalue weighted by atomic mass is 10.0. The van der Waals surface area contributed by atoms with E-state index in [9.17, 15) is 9.18 Å². The lowest BCUT2D eigenvalue weighted by Crippen LogP contribution is -2.17. The Morgan fingerprint density at radius 3 is 2.79 bits per heavy atom. The van der Waals surface area contributed by atoms with E-state index in [-0.39, 0.29) is 29.9 Å². The average Bonchev–Trinajstić information content (AvgIpc) is 2.79. The minimum Gasteiger partial charge on any atom is -0.400 e. The zero-order chi connectivity index (χ0) is 14.0. The molecule has 3 N–H and O–H groups in total. The molecule has 0 saturated heterocycles. The number of benzene rings is 1. The second kappa shape index (κ2) is 4.90. The van der Waals surface area contributed by atoms with Crippen LogP contribution in [0.2, 0.25) is 0 Å². The van der Waals surface area contributed by atoms with Gasteiger partial charge in [-0.1, -0.05) is 6.07 Å². The van der Waals surface area contributed by atoms with Gasteiger partial charge in [0, 0.05) is 22.4 Å². The van der Waals surface area contributed by atoms with E-state index in [1.165, 1.54) is 17.0 Å². The maximum Gasteiger partial charge on any atom is 0.180 e. The number of halogens is 1. The third-order valence-corrected chi connectivity index (χ3v) is 2.94. The average molecular weight is 258 g/mol. The van der Waals surface area contributed by atoms with E-state index in [0.29, 0.717) is 17.6 Å². The van der Waals surface area contributed by atoms with Crippen molar-refractivity contribution in [3.8, 4) is 6.19 Å². The fourth-order valence-corrected chi connectivity index (χ4v) is 1.93. The molecule has 1 aromatic rings. The van der Waals surface area contributed by atoms with Crippen molar-refractivity contribution in [1.82, 2.24) is 4.90 Å². The first kappa shape index (κ1) is 12.8. The quantitative estimate of drug-likeness (QED) is 0.480. The minimum absolute atomic E-state index is 0.0507. The van der Waals surface area contributed by atoms with Gasteiger partial charge in [0.15, 0.2) is 6.19 Å². The molecule has 1 aliphatic rings. The topological polar surface area (TPSA) is 94.0 Å². The number of nitrogens with zero attached hydrogens (tertiary/aromatic N) is 2. The van der Waals surface area contributed by atoms with Gasteiger partial charge in [-0.2, -0.15) is 5.26 Å². The van der Waals surface area contributed by atoms with Gasteiger partial charge < -0.3 is 10.6 Å². The van der Waals surface area contributed by atoms with E-state index in [0.717, 1.165) is 6.07 Å². The molecule has 0 spiro atoms. The van der Waals surface area contributed by atoms with Crippen molar-refractivity contribution in [3.05, 3.63) is 46.4 Å². The highest BCUT2D eigenvalue weighted by atomic mass is 19.1. The molecule has 5 nitrogen and oxygen atoms in total. The van der Waals surface area contributed by atoms with Crippen LogP contribution < -0.4 is 5.73 Å². The molecule has 96 valence electrons. The molecule has 19 heavy (non-hydrogen) atoms. The Bertz CT molecular complexity index is 630. The molecular formula is C13H11FN4O. The third kappa shape index (κ3) is 2.31. The maximum atomic E-state index is 13.8. The number of nitrogens with one attached hydrogen (secondary N) is 1. The van der Waals surface area contributed by atoms with Crippen LogP contribution in [0.15, 0.2) is 29.5 Å². The van der Waals surface area contributed by atoms with Gasteiger partial charge in [-0.25, -0.2) is 4.39 Å². The van der Waals surface area contributed by atoms with Crippen molar-refractivity contribution >= 4 is 12.0 Å². The van der Waals surface area contributed by atoms with E-state index in [1.54, 1.807) is 0 Å². The maximum absolute atomic E-state index is 13.8. The molecular weight excluding hydrogens is 247 g/mol. The van der Waals surface area contributed by atoms with Gasteiger partial charge in [-0.05, 0) is 12.1 Å². The number of nitriles is 1. The van der Waals surface area contributed by atoms with Gasteiger partial charge in [-0.3, -0.25) is 10.2 Å². The smallest absolute Gasteiger partial charge is 0.180 e. The number of hydrogen-bond acceptors (Lipinski definition) is 5. The fraction of sp³-hybridized carbons (Fsp3) is 0.154. The summed E-state index contributed by atoms with van der Waals surface area (Å²) in [6.45, 7) is 0.457. The summed E-state index contributed by atoms with van der Waals surface area (Å²) in [5, 5.41) is 16.8. The second-order valence-electron chi connectivity index (χ2n) is 4.19. The molecule has 1 aliphatic heterocycles. The normalized spacial score (nSPS) is 14.4. The minimum atomic E-state index is -0.648. The summed E-state index contributed by atoms with van der Waals surface area (Å²) in [4.78, 5) is 11.9. The lowest BCUT2D eigenvalue weighted by Gasteiger charge is -2.09. The van der Waals surface area contributed by atoms with Crippen LogP contribution in [0.25, 0.3) is 0 Å². The SMILES string of the molecule is N#CN1CC(N)=C(C(=N)c2ccc(C=O)cc2F)C1. The van der Waals surface area contributed by atoms with Gasteiger partial charge in [0.2, 0.25) is 0 Å². The standard InChI is InChI=1S/C13H11FN4O/c14-11-3-8(6-19)1-2-9(11)13(17)10-4-18(7-15)5-12(10)16/h1-3,6,17H,4-5,16H2. The molecule has 0 amide bonds. The van der Waals surface area contributed by atoms with Crippen LogP contribution in [-0.4, -0.2) is 30.0 Å². The predicted molar refractivity (Wildman–Crippen MR) is 67.0 cm³/mol. The first-order chi connectivity index (χ1) is 9.06. The van der Waals surface area contributed by atoms with E-state index < -0.39 is 5.82 Å². The van der Waals surface area contributed by atoms with Crippen molar-refractivity contribution in [3.63, 3.8) is 0 Å². The van der Waals surface area contributed by atoms with Crippen LogP contribution in [-0.2, 0) is 0 Å². The largest absolute Gasteiger partial charge is 0.400 e. The van der Waals surface area contributed by atoms with Crippen LogP contribution >= 0.6 is 0 Å². The van der Waals surface area contributed by atoms with Gasteiger partial charge in [-0.15, -0.1) is 0 Å². The van der Waals surface area contributed by atoms with Crippen LogP contribution in [0.3, 0.4) is 0 Å². The zero-order valence-electron chi connectivity index (χ0n) is 9.98. The molecule has 0 saturated carbocycles. The summed E-state index contributed by atoms with van der Waals surface area (Å²) in [5.74, 6) is -0.648. The van der Waals surface area contributed by atoms with Crippen molar-refractivity contribution in [2.24, 2.45) is 5.73 Å². The van der Waals surface area contributed by atoms with Gasteiger partial charge in [0.05, 0.1) is 18.8 Å². The summed E-state index contributed by atoms with van der Waals surface area (Å²) in [6.07, 6.45) is 2.48. The summed E-state index contributed by atoms with van der Waals surface area (Å²) in [6, 6.07) is 3.88. The Balaban J connectivity index is 2.33. The Hall–Kier alpha value is -2.68. The fourth-order valence-electron chi connectivity index (χ4n) is 1.93. The van der Waals surface area contributed by atoms with Crippen molar-refractivity contribution in [2.75, 3.05) is 13.1 Å². The summed E-state index contributed by atoms with van der Waals surface area (Å²) < 4.78 is 13.8. The summed E-state index contributed by atoms with van der Waals surface area (Å²) >= 11 is 0. The van der Waals surface area contributed by atoms with E-state index >= 15 is 0 Å². The molecule has 0 radical (unpaired) electrons. The lowest BCUT2D eigenvalue weighted by molar-refractivity contribution is 0.112.